The largest absolute Gasteiger partial charge is 0.382 e. The van der Waals surface area contributed by atoms with Crippen molar-refractivity contribution in [1.29, 1.82) is 0 Å². The summed E-state index contributed by atoms with van der Waals surface area (Å²) in [6.45, 7) is 1.04. The summed E-state index contributed by atoms with van der Waals surface area (Å²) < 4.78 is 24.3. The van der Waals surface area contributed by atoms with Gasteiger partial charge in [0.25, 0.3) is 11.8 Å². The first-order chi connectivity index (χ1) is 14.6. The fourth-order valence-electron chi connectivity index (χ4n) is 3.67. The van der Waals surface area contributed by atoms with E-state index in [1.807, 2.05) is 24.3 Å². The van der Waals surface area contributed by atoms with E-state index in [-0.39, 0.29) is 28.9 Å². The Hall–Kier alpha value is -2.91. The van der Waals surface area contributed by atoms with Gasteiger partial charge in [-0.15, -0.1) is 0 Å². The summed E-state index contributed by atoms with van der Waals surface area (Å²) in [4.78, 5) is 30.3. The van der Waals surface area contributed by atoms with Crippen LogP contribution in [0, 0.1) is 0 Å². The van der Waals surface area contributed by atoms with E-state index in [0.29, 0.717) is 23.7 Å². The number of hydrogen-bond acceptors (Lipinski definition) is 6. The second-order valence-electron chi connectivity index (χ2n) is 7.68. The second kappa shape index (κ2) is 7.97. The minimum absolute atomic E-state index is 0.0911. The van der Waals surface area contributed by atoms with Crippen molar-refractivity contribution in [3.8, 4) is 11.1 Å². The molecule has 2 N–H and O–H groups in total. The zero-order valence-corrected chi connectivity index (χ0v) is 18.2. The number of nitrogens with zero attached hydrogens (tertiary/aromatic N) is 2. The van der Waals surface area contributed by atoms with Crippen molar-refractivity contribution in [2.24, 2.45) is 10.9 Å². The van der Waals surface area contributed by atoms with Crippen molar-refractivity contribution in [2.75, 3.05) is 19.3 Å². The lowest BCUT2D eigenvalue weighted by molar-refractivity contribution is -0.128. The molecule has 8 nitrogen and oxygen atoms in total. The van der Waals surface area contributed by atoms with Crippen molar-refractivity contribution in [2.45, 2.75) is 23.3 Å². The highest BCUT2D eigenvalue weighted by Gasteiger charge is 2.38. The predicted octanol–water partition coefficient (Wildman–Crippen LogP) is 1.97. The molecule has 0 spiro atoms. The van der Waals surface area contributed by atoms with Gasteiger partial charge in [-0.25, -0.2) is 8.42 Å². The lowest BCUT2D eigenvalue weighted by atomic mass is 9.89. The van der Waals surface area contributed by atoms with Crippen LogP contribution in [-0.4, -0.2) is 56.3 Å². The van der Waals surface area contributed by atoms with Gasteiger partial charge in [0.2, 0.25) is 6.10 Å². The van der Waals surface area contributed by atoms with E-state index in [1.54, 1.807) is 17.0 Å². The van der Waals surface area contributed by atoms with Crippen LogP contribution in [0.4, 0.5) is 0 Å². The molecule has 1 saturated heterocycles. The van der Waals surface area contributed by atoms with Gasteiger partial charge in [0.15, 0.2) is 9.84 Å². The van der Waals surface area contributed by atoms with Crippen LogP contribution in [0.15, 0.2) is 52.5 Å². The Morgan fingerprint density at radius 3 is 2.42 bits per heavy atom. The maximum absolute atomic E-state index is 12.5. The molecule has 0 bridgehead atoms. The van der Waals surface area contributed by atoms with E-state index in [4.69, 9.17) is 22.2 Å². The topological polar surface area (TPSA) is 119 Å². The van der Waals surface area contributed by atoms with E-state index >= 15 is 0 Å². The van der Waals surface area contributed by atoms with Crippen LogP contribution < -0.4 is 5.73 Å². The van der Waals surface area contributed by atoms with Gasteiger partial charge in [-0.2, -0.15) is 0 Å². The average Bonchev–Trinajstić information content (AvgIpc) is 3.17. The minimum Gasteiger partial charge on any atom is -0.382 e. The molecule has 1 atom stereocenters. The van der Waals surface area contributed by atoms with Crippen LogP contribution in [-0.2, 0) is 24.3 Å². The Bertz CT molecular complexity index is 1190. The van der Waals surface area contributed by atoms with Gasteiger partial charge in [-0.1, -0.05) is 47.1 Å². The molecule has 0 unspecified atom stereocenters. The fraction of sp³-hybridized carbons (Fsp3) is 0.286. The van der Waals surface area contributed by atoms with Crippen molar-refractivity contribution in [1.82, 2.24) is 4.90 Å². The van der Waals surface area contributed by atoms with Crippen molar-refractivity contribution < 1.29 is 22.8 Å². The van der Waals surface area contributed by atoms with Crippen molar-refractivity contribution >= 4 is 39.0 Å². The zero-order chi connectivity index (χ0) is 22.3. The Kier molecular flexibility index (Phi) is 5.49. The number of rotatable bonds is 5. The maximum Gasteiger partial charge on any atom is 0.271 e. The SMILES string of the molecule is CS(=O)(=O)c1cc(Cl)ccc1-c1ccc(C2CN(C(=O)C3=NO[C@@H](C(N)=O)C3)C2)cc1. The third kappa shape index (κ3) is 4.28. The molecule has 31 heavy (non-hydrogen) atoms. The molecule has 0 aromatic heterocycles. The summed E-state index contributed by atoms with van der Waals surface area (Å²) in [6.07, 6.45) is 0.364. The highest BCUT2D eigenvalue weighted by Crippen LogP contribution is 2.33. The first-order valence-electron chi connectivity index (χ1n) is 9.54. The Morgan fingerprint density at radius 2 is 1.84 bits per heavy atom. The number of sulfone groups is 1. The van der Waals surface area contributed by atoms with Crippen LogP contribution in [0.1, 0.15) is 17.9 Å². The number of likely N-dealkylation sites (tertiary alicyclic amines) is 1. The lowest BCUT2D eigenvalue weighted by Crippen LogP contribution is -2.51. The molecule has 2 heterocycles. The van der Waals surface area contributed by atoms with Crippen molar-refractivity contribution in [3.05, 3.63) is 53.1 Å². The number of primary amides is 1. The molecule has 2 aliphatic rings. The third-order valence-electron chi connectivity index (χ3n) is 5.44. The number of halogens is 1. The minimum atomic E-state index is -3.44. The normalized spacial score (nSPS) is 18.8. The molecule has 0 saturated carbocycles. The molecule has 2 aromatic rings. The van der Waals surface area contributed by atoms with Gasteiger partial charge >= 0.3 is 0 Å². The summed E-state index contributed by atoms with van der Waals surface area (Å²) >= 11 is 5.98. The summed E-state index contributed by atoms with van der Waals surface area (Å²) in [5, 5.41) is 4.05. The molecule has 162 valence electrons. The molecule has 2 aliphatic heterocycles. The van der Waals surface area contributed by atoms with Gasteiger partial charge in [0.05, 0.1) is 4.90 Å². The van der Waals surface area contributed by atoms with E-state index in [9.17, 15) is 18.0 Å². The maximum atomic E-state index is 12.5. The Morgan fingerprint density at radius 1 is 1.16 bits per heavy atom. The molecular formula is C21H20ClN3O5S. The number of amides is 2. The van der Waals surface area contributed by atoms with Crippen molar-refractivity contribution in [3.63, 3.8) is 0 Å². The van der Waals surface area contributed by atoms with Gasteiger partial charge in [0, 0.05) is 42.3 Å². The van der Waals surface area contributed by atoms with Gasteiger partial charge in [-0.3, -0.25) is 9.59 Å². The van der Waals surface area contributed by atoms with Gasteiger partial charge in [-0.05, 0) is 23.3 Å². The molecule has 4 rings (SSSR count). The summed E-state index contributed by atoms with van der Waals surface area (Å²) in [7, 11) is -3.44. The third-order valence-corrected chi connectivity index (χ3v) is 6.81. The average molecular weight is 462 g/mol. The second-order valence-corrected chi connectivity index (χ2v) is 10.1. The summed E-state index contributed by atoms with van der Waals surface area (Å²) in [5.74, 6) is -0.740. The Balaban J connectivity index is 1.43. The monoisotopic (exact) mass is 461 g/mol. The van der Waals surface area contributed by atoms with Gasteiger partial charge in [0.1, 0.15) is 5.71 Å². The van der Waals surface area contributed by atoms with E-state index in [0.717, 1.165) is 17.4 Å². The van der Waals surface area contributed by atoms with E-state index < -0.39 is 21.8 Å². The molecule has 2 aromatic carbocycles. The number of carbonyl (C=O) groups excluding carboxylic acids is 2. The number of hydrogen-bond donors (Lipinski definition) is 1. The van der Waals surface area contributed by atoms with Gasteiger partial charge < -0.3 is 15.5 Å². The highest BCUT2D eigenvalue weighted by molar-refractivity contribution is 7.90. The molecule has 10 heteroatoms. The Labute approximate surface area is 184 Å². The highest BCUT2D eigenvalue weighted by atomic mass is 35.5. The number of carbonyl (C=O) groups is 2. The van der Waals surface area contributed by atoms with E-state index in [2.05, 4.69) is 5.16 Å². The standard InChI is InChI=1S/C21H20ClN3O5S/c1-31(28,29)19-8-15(22)6-7-16(19)13-4-2-12(3-5-13)14-10-25(11-14)21(27)17-9-18(20(23)26)30-24-17/h2-8,14,18H,9-11H2,1H3,(H2,23,26)/t18-/m1/s1. The van der Waals surface area contributed by atoms with Crippen LogP contribution in [0.25, 0.3) is 11.1 Å². The van der Waals surface area contributed by atoms with Crippen LogP contribution in [0.3, 0.4) is 0 Å². The number of nitrogens with two attached hydrogens (primary N) is 1. The van der Waals surface area contributed by atoms with Crippen LogP contribution in [0.5, 0.6) is 0 Å². The van der Waals surface area contributed by atoms with Crippen LogP contribution >= 0.6 is 11.6 Å². The molecule has 0 radical (unpaired) electrons. The lowest BCUT2D eigenvalue weighted by Gasteiger charge is -2.39. The first-order valence-corrected chi connectivity index (χ1v) is 11.8. The fourth-order valence-corrected chi connectivity index (χ4v) is 4.83. The smallest absolute Gasteiger partial charge is 0.271 e. The number of oxime groups is 1. The zero-order valence-electron chi connectivity index (χ0n) is 16.6. The summed E-state index contributed by atoms with van der Waals surface area (Å²) in [5.41, 5.74) is 7.78. The molecular weight excluding hydrogens is 442 g/mol. The molecule has 2 amide bonds. The van der Waals surface area contributed by atoms with E-state index in [1.165, 1.54) is 6.07 Å². The quantitative estimate of drug-likeness (QED) is 0.730. The van der Waals surface area contributed by atoms with Crippen LogP contribution in [0.2, 0.25) is 5.02 Å². The molecule has 0 aliphatic carbocycles. The number of benzene rings is 2. The predicted molar refractivity (Wildman–Crippen MR) is 115 cm³/mol. The molecule has 1 fully saturated rings. The first kappa shape index (κ1) is 21.3. The summed E-state index contributed by atoms with van der Waals surface area (Å²) in [6, 6.07) is 12.4.